The summed E-state index contributed by atoms with van der Waals surface area (Å²) >= 11 is 0. The van der Waals surface area contributed by atoms with E-state index in [0.29, 0.717) is 6.54 Å². The van der Waals surface area contributed by atoms with E-state index in [1.54, 1.807) is 19.9 Å². The van der Waals surface area contributed by atoms with Crippen LogP contribution in [0.5, 0.6) is 0 Å². The van der Waals surface area contributed by atoms with Crippen molar-refractivity contribution in [1.82, 2.24) is 9.55 Å². The van der Waals surface area contributed by atoms with Gasteiger partial charge in [0.25, 0.3) is 5.56 Å². The van der Waals surface area contributed by atoms with Crippen LogP contribution in [0.4, 0.5) is 5.69 Å². The summed E-state index contributed by atoms with van der Waals surface area (Å²) in [5.74, 6) is -0.847. The van der Waals surface area contributed by atoms with E-state index in [-0.39, 0.29) is 12.3 Å². The van der Waals surface area contributed by atoms with Crippen molar-refractivity contribution in [3.05, 3.63) is 39.7 Å². The van der Waals surface area contributed by atoms with E-state index in [1.165, 1.54) is 10.8 Å². The van der Waals surface area contributed by atoms with Crippen molar-refractivity contribution >= 4 is 5.69 Å². The first-order chi connectivity index (χ1) is 11.4. The molecule has 2 aliphatic rings. The Labute approximate surface area is 137 Å². The number of nitrogens with zero attached hydrogens (tertiary/aromatic N) is 1. The van der Waals surface area contributed by atoms with Gasteiger partial charge in [0.1, 0.15) is 24.0 Å². The second-order valence-corrected chi connectivity index (χ2v) is 6.19. The van der Waals surface area contributed by atoms with E-state index < -0.39 is 41.6 Å². The molecule has 2 saturated heterocycles. The first-order valence-electron chi connectivity index (χ1n) is 7.68. The van der Waals surface area contributed by atoms with Crippen LogP contribution in [-0.4, -0.2) is 51.9 Å². The zero-order chi connectivity index (χ0) is 17.5. The third kappa shape index (κ3) is 2.91. The molecule has 3 heterocycles. The standard InChI is InChI=1S/C15H21N3O6/c1-4-5-16-8-6-18(14(21)17-12(8)20)13-11-10(9(7-19)22-13)23-15(2,3)24-11/h4,6,9-11,13,16,19H,1,5,7H2,2-3H3,(H,17,20,21)/t9-,10?,11?,13-/m1/s1. The number of aromatic nitrogens is 2. The normalized spacial score (nSPS) is 31.0. The third-order valence-electron chi connectivity index (χ3n) is 3.98. The molecule has 2 unspecified atom stereocenters. The summed E-state index contributed by atoms with van der Waals surface area (Å²) in [4.78, 5) is 26.3. The van der Waals surface area contributed by atoms with Gasteiger partial charge in [0.2, 0.25) is 0 Å². The highest BCUT2D eigenvalue weighted by molar-refractivity contribution is 5.38. The molecule has 1 aromatic rings. The summed E-state index contributed by atoms with van der Waals surface area (Å²) in [6.07, 6.45) is 0.454. The van der Waals surface area contributed by atoms with Crippen molar-refractivity contribution in [2.45, 2.75) is 44.2 Å². The van der Waals surface area contributed by atoms with E-state index in [9.17, 15) is 14.7 Å². The highest BCUT2D eigenvalue weighted by atomic mass is 16.8. The zero-order valence-corrected chi connectivity index (χ0v) is 13.5. The number of ether oxygens (including phenoxy) is 3. The number of aromatic amines is 1. The zero-order valence-electron chi connectivity index (χ0n) is 13.5. The van der Waals surface area contributed by atoms with E-state index in [2.05, 4.69) is 16.9 Å². The fourth-order valence-electron chi connectivity index (χ4n) is 3.01. The number of hydrogen-bond acceptors (Lipinski definition) is 7. The molecule has 132 valence electrons. The Morgan fingerprint density at radius 2 is 2.12 bits per heavy atom. The number of aliphatic hydroxyl groups excluding tert-OH is 1. The molecule has 2 fully saturated rings. The van der Waals surface area contributed by atoms with Crippen LogP contribution in [-0.2, 0) is 14.2 Å². The van der Waals surface area contributed by atoms with E-state index in [1.807, 2.05) is 0 Å². The highest BCUT2D eigenvalue weighted by Gasteiger charge is 2.55. The number of rotatable bonds is 5. The molecule has 0 aliphatic carbocycles. The average Bonchev–Trinajstić information content (AvgIpc) is 2.99. The van der Waals surface area contributed by atoms with Crippen molar-refractivity contribution in [3.63, 3.8) is 0 Å². The second kappa shape index (κ2) is 6.17. The number of anilines is 1. The molecule has 3 rings (SSSR count). The summed E-state index contributed by atoms with van der Waals surface area (Å²) in [7, 11) is 0. The SMILES string of the molecule is C=CCNc1cn([C@@H]2O[C@H](CO)C3OC(C)(C)OC32)c(=O)[nH]c1=O. The van der Waals surface area contributed by atoms with Crippen molar-refractivity contribution in [2.24, 2.45) is 0 Å². The second-order valence-electron chi connectivity index (χ2n) is 6.19. The van der Waals surface area contributed by atoms with E-state index in [0.717, 1.165) is 0 Å². The maximum Gasteiger partial charge on any atom is 0.330 e. The van der Waals surface area contributed by atoms with Gasteiger partial charge in [-0.25, -0.2) is 4.79 Å². The average molecular weight is 339 g/mol. The minimum absolute atomic E-state index is 0.209. The van der Waals surface area contributed by atoms with E-state index >= 15 is 0 Å². The molecule has 1 aromatic heterocycles. The van der Waals surface area contributed by atoms with Crippen LogP contribution in [0.3, 0.4) is 0 Å². The maximum absolute atomic E-state index is 12.2. The summed E-state index contributed by atoms with van der Waals surface area (Å²) in [5, 5.41) is 12.4. The van der Waals surface area contributed by atoms with Crippen LogP contribution >= 0.6 is 0 Å². The number of nitrogens with one attached hydrogen (secondary N) is 2. The molecule has 9 heteroatoms. The van der Waals surface area contributed by atoms with Gasteiger partial charge in [0.05, 0.1) is 6.61 Å². The van der Waals surface area contributed by atoms with Gasteiger partial charge in [-0.3, -0.25) is 14.3 Å². The minimum Gasteiger partial charge on any atom is -0.394 e. The molecular formula is C15H21N3O6. The van der Waals surface area contributed by atoms with Gasteiger partial charge < -0.3 is 24.6 Å². The molecule has 9 nitrogen and oxygen atoms in total. The molecule has 0 amide bonds. The lowest BCUT2D eigenvalue weighted by Gasteiger charge is -2.24. The Morgan fingerprint density at radius 1 is 1.42 bits per heavy atom. The Morgan fingerprint density at radius 3 is 2.79 bits per heavy atom. The van der Waals surface area contributed by atoms with Crippen molar-refractivity contribution in [2.75, 3.05) is 18.5 Å². The van der Waals surface area contributed by atoms with E-state index in [4.69, 9.17) is 14.2 Å². The van der Waals surface area contributed by atoms with Gasteiger partial charge in [0, 0.05) is 12.7 Å². The predicted octanol–water partition coefficient (Wildman–Crippen LogP) is -0.456. The Kier molecular flexibility index (Phi) is 4.35. The topological polar surface area (TPSA) is 115 Å². The fourth-order valence-corrected chi connectivity index (χ4v) is 3.01. The predicted molar refractivity (Wildman–Crippen MR) is 84.8 cm³/mol. The lowest BCUT2D eigenvalue weighted by molar-refractivity contribution is -0.200. The Balaban J connectivity index is 1.97. The maximum atomic E-state index is 12.2. The van der Waals surface area contributed by atoms with Crippen LogP contribution in [0.2, 0.25) is 0 Å². The lowest BCUT2D eigenvalue weighted by atomic mass is 10.1. The van der Waals surface area contributed by atoms with Crippen LogP contribution in [0.1, 0.15) is 20.1 Å². The van der Waals surface area contributed by atoms with Gasteiger partial charge in [-0.05, 0) is 13.8 Å². The largest absolute Gasteiger partial charge is 0.394 e. The first kappa shape index (κ1) is 16.9. The summed E-state index contributed by atoms with van der Waals surface area (Å²) < 4.78 is 18.6. The number of hydrogen-bond donors (Lipinski definition) is 3. The molecular weight excluding hydrogens is 318 g/mol. The van der Waals surface area contributed by atoms with Gasteiger partial charge in [-0.2, -0.15) is 0 Å². The quantitative estimate of drug-likeness (QED) is 0.622. The van der Waals surface area contributed by atoms with Gasteiger partial charge >= 0.3 is 5.69 Å². The Hall–Kier alpha value is -1.94. The summed E-state index contributed by atoms with van der Waals surface area (Å²) in [6.45, 7) is 7.18. The smallest absolute Gasteiger partial charge is 0.330 e. The number of aliphatic hydroxyl groups is 1. The molecule has 0 saturated carbocycles. The van der Waals surface area contributed by atoms with Crippen LogP contribution in [0.15, 0.2) is 28.4 Å². The third-order valence-corrected chi connectivity index (χ3v) is 3.98. The highest BCUT2D eigenvalue weighted by Crippen LogP contribution is 2.42. The molecule has 2 aliphatic heterocycles. The first-order valence-corrected chi connectivity index (χ1v) is 7.68. The summed E-state index contributed by atoms with van der Waals surface area (Å²) in [5.41, 5.74) is -0.949. The van der Waals surface area contributed by atoms with Crippen molar-refractivity contribution in [3.8, 4) is 0 Å². The van der Waals surface area contributed by atoms with Crippen molar-refractivity contribution < 1.29 is 19.3 Å². The van der Waals surface area contributed by atoms with Gasteiger partial charge in [-0.1, -0.05) is 6.08 Å². The van der Waals surface area contributed by atoms with Crippen LogP contribution in [0.25, 0.3) is 0 Å². The lowest BCUT2D eigenvalue weighted by Crippen LogP contribution is -2.38. The molecule has 0 aromatic carbocycles. The molecule has 24 heavy (non-hydrogen) atoms. The fraction of sp³-hybridized carbons (Fsp3) is 0.600. The van der Waals surface area contributed by atoms with Gasteiger partial charge in [0.15, 0.2) is 12.0 Å². The number of H-pyrrole nitrogens is 1. The summed E-state index contributed by atoms with van der Waals surface area (Å²) in [6, 6.07) is 0. The van der Waals surface area contributed by atoms with Gasteiger partial charge in [-0.15, -0.1) is 6.58 Å². The minimum atomic E-state index is -0.847. The molecule has 4 atom stereocenters. The number of fused-ring (bicyclic) bond motifs is 1. The molecule has 0 spiro atoms. The molecule has 0 bridgehead atoms. The molecule has 3 N–H and O–H groups in total. The monoisotopic (exact) mass is 339 g/mol. The molecule has 0 radical (unpaired) electrons. The van der Waals surface area contributed by atoms with Crippen molar-refractivity contribution in [1.29, 1.82) is 0 Å². The Bertz CT molecular complexity index is 739. The van der Waals surface area contributed by atoms with Crippen LogP contribution in [0, 0.1) is 0 Å². The van der Waals surface area contributed by atoms with Crippen LogP contribution < -0.4 is 16.6 Å².